The number of ether oxygens (including phenoxy) is 1. The van der Waals surface area contributed by atoms with Gasteiger partial charge in [0, 0.05) is 5.56 Å². The van der Waals surface area contributed by atoms with Crippen molar-refractivity contribution in [1.82, 2.24) is 5.32 Å². The molecule has 0 aromatic heterocycles. The Labute approximate surface area is 119 Å². The standard InChI is InChI=1S/C14H19NO4S/c1-9(2)20(17,18)10(3)14(16)15-12-8-19-13-7-5-4-6-11(12)13/h4-7,9-10,12H,8H2,1-3H3,(H,15,16)/t10-,12+/m1/s1. The molecule has 20 heavy (non-hydrogen) atoms. The lowest BCUT2D eigenvalue weighted by Gasteiger charge is -2.18. The zero-order valence-electron chi connectivity index (χ0n) is 11.8. The van der Waals surface area contributed by atoms with Crippen molar-refractivity contribution in [1.29, 1.82) is 0 Å². The van der Waals surface area contributed by atoms with Crippen LogP contribution in [-0.2, 0) is 14.6 Å². The van der Waals surface area contributed by atoms with Crippen LogP contribution in [0.1, 0.15) is 32.4 Å². The molecule has 1 N–H and O–H groups in total. The smallest absolute Gasteiger partial charge is 0.238 e. The highest BCUT2D eigenvalue weighted by Gasteiger charge is 2.33. The first kappa shape index (κ1) is 14.8. The molecule has 0 saturated heterocycles. The van der Waals surface area contributed by atoms with Crippen LogP contribution in [0.25, 0.3) is 0 Å². The maximum atomic E-state index is 12.1. The first-order valence-corrected chi connectivity index (χ1v) is 8.19. The van der Waals surface area contributed by atoms with E-state index in [1.54, 1.807) is 13.8 Å². The Morgan fingerprint density at radius 2 is 1.95 bits per heavy atom. The van der Waals surface area contributed by atoms with Gasteiger partial charge < -0.3 is 10.1 Å². The summed E-state index contributed by atoms with van der Waals surface area (Å²) in [5, 5.41) is 1.12. The van der Waals surface area contributed by atoms with Crippen LogP contribution in [0.4, 0.5) is 0 Å². The largest absolute Gasteiger partial charge is 0.491 e. The Morgan fingerprint density at radius 1 is 1.30 bits per heavy atom. The van der Waals surface area contributed by atoms with Gasteiger partial charge in [0.2, 0.25) is 5.91 Å². The van der Waals surface area contributed by atoms with Crippen molar-refractivity contribution in [3.05, 3.63) is 29.8 Å². The van der Waals surface area contributed by atoms with Crippen LogP contribution < -0.4 is 10.1 Å². The molecule has 0 unspecified atom stereocenters. The zero-order valence-corrected chi connectivity index (χ0v) is 12.6. The van der Waals surface area contributed by atoms with Crippen LogP contribution in [0, 0.1) is 0 Å². The Morgan fingerprint density at radius 3 is 2.60 bits per heavy atom. The van der Waals surface area contributed by atoms with Gasteiger partial charge in [-0.25, -0.2) is 8.42 Å². The molecule has 1 heterocycles. The maximum Gasteiger partial charge on any atom is 0.238 e. The van der Waals surface area contributed by atoms with Gasteiger partial charge in [0.15, 0.2) is 9.84 Å². The van der Waals surface area contributed by atoms with Crippen molar-refractivity contribution in [3.63, 3.8) is 0 Å². The van der Waals surface area contributed by atoms with E-state index in [1.807, 2.05) is 24.3 Å². The van der Waals surface area contributed by atoms with Gasteiger partial charge in [0.05, 0.1) is 11.3 Å². The lowest BCUT2D eigenvalue weighted by Crippen LogP contribution is -2.42. The number of nitrogens with one attached hydrogen (secondary N) is 1. The van der Waals surface area contributed by atoms with Gasteiger partial charge in [-0.2, -0.15) is 0 Å². The van der Waals surface area contributed by atoms with E-state index < -0.39 is 26.2 Å². The average molecular weight is 297 g/mol. The van der Waals surface area contributed by atoms with E-state index >= 15 is 0 Å². The number of amides is 1. The fourth-order valence-electron chi connectivity index (χ4n) is 2.13. The van der Waals surface area contributed by atoms with Crippen LogP contribution in [0.3, 0.4) is 0 Å². The number of rotatable bonds is 4. The molecule has 2 rings (SSSR count). The Kier molecular flexibility index (Phi) is 4.04. The summed E-state index contributed by atoms with van der Waals surface area (Å²) in [6.07, 6.45) is 0. The number of para-hydroxylation sites is 1. The minimum atomic E-state index is -3.45. The van der Waals surface area contributed by atoms with Gasteiger partial charge >= 0.3 is 0 Å². The predicted molar refractivity (Wildman–Crippen MR) is 76.3 cm³/mol. The summed E-state index contributed by atoms with van der Waals surface area (Å²) >= 11 is 0. The summed E-state index contributed by atoms with van der Waals surface area (Å²) in [6.45, 7) is 4.91. The number of carbonyl (C=O) groups is 1. The number of sulfone groups is 1. The quantitative estimate of drug-likeness (QED) is 0.913. The molecule has 1 aliphatic rings. The molecule has 2 atom stereocenters. The molecule has 1 amide bonds. The van der Waals surface area contributed by atoms with E-state index in [4.69, 9.17) is 4.74 Å². The molecule has 1 aromatic rings. The molecule has 1 aliphatic heterocycles. The van der Waals surface area contributed by atoms with E-state index in [0.717, 1.165) is 11.3 Å². The molecule has 5 nitrogen and oxygen atoms in total. The monoisotopic (exact) mass is 297 g/mol. The molecule has 110 valence electrons. The van der Waals surface area contributed by atoms with Gasteiger partial charge in [-0.15, -0.1) is 0 Å². The Bertz CT molecular complexity index is 609. The second kappa shape index (κ2) is 5.44. The highest BCUT2D eigenvalue weighted by Crippen LogP contribution is 2.31. The van der Waals surface area contributed by atoms with Crippen LogP contribution in [0.15, 0.2) is 24.3 Å². The lowest BCUT2D eigenvalue weighted by molar-refractivity contribution is -0.121. The lowest BCUT2D eigenvalue weighted by atomic mass is 10.1. The predicted octanol–water partition coefficient (Wildman–Crippen LogP) is 1.45. The first-order chi connectivity index (χ1) is 9.34. The minimum Gasteiger partial charge on any atom is -0.491 e. The normalized spacial score (nSPS) is 19.3. The fourth-order valence-corrected chi connectivity index (χ4v) is 3.31. The number of hydrogen-bond donors (Lipinski definition) is 1. The van der Waals surface area contributed by atoms with Crippen LogP contribution in [-0.4, -0.2) is 31.4 Å². The van der Waals surface area contributed by atoms with Gasteiger partial charge in [-0.05, 0) is 26.8 Å². The summed E-state index contributed by atoms with van der Waals surface area (Å²) in [7, 11) is -3.45. The van der Waals surface area contributed by atoms with E-state index in [9.17, 15) is 13.2 Å². The molecule has 0 aliphatic carbocycles. The third-order valence-corrected chi connectivity index (χ3v) is 6.05. The number of hydrogen-bond acceptors (Lipinski definition) is 4. The van der Waals surface area contributed by atoms with E-state index in [2.05, 4.69) is 5.32 Å². The Balaban J connectivity index is 2.11. The van der Waals surface area contributed by atoms with Crippen molar-refractivity contribution in [2.75, 3.05) is 6.61 Å². The second-order valence-corrected chi connectivity index (χ2v) is 8.02. The number of fused-ring (bicyclic) bond motifs is 1. The van der Waals surface area contributed by atoms with Crippen LogP contribution in [0.5, 0.6) is 5.75 Å². The topological polar surface area (TPSA) is 72.5 Å². The van der Waals surface area contributed by atoms with Gasteiger partial charge in [-0.1, -0.05) is 18.2 Å². The molecule has 1 aromatic carbocycles. The molecule has 0 radical (unpaired) electrons. The van der Waals surface area contributed by atoms with Gasteiger partial charge in [0.25, 0.3) is 0 Å². The second-order valence-electron chi connectivity index (χ2n) is 5.19. The van der Waals surface area contributed by atoms with Crippen LogP contribution in [0.2, 0.25) is 0 Å². The molecule has 0 saturated carbocycles. The third-order valence-electron chi connectivity index (χ3n) is 3.54. The SMILES string of the molecule is CC(C)S(=O)(=O)[C@H](C)C(=O)N[C@H]1COc2ccccc21. The highest BCUT2D eigenvalue weighted by molar-refractivity contribution is 7.93. The van der Waals surface area contributed by atoms with Crippen molar-refractivity contribution >= 4 is 15.7 Å². The van der Waals surface area contributed by atoms with Gasteiger partial charge in [-0.3, -0.25) is 4.79 Å². The van der Waals surface area contributed by atoms with Crippen LogP contribution >= 0.6 is 0 Å². The molecular weight excluding hydrogens is 278 g/mol. The third kappa shape index (κ3) is 2.65. The summed E-state index contributed by atoms with van der Waals surface area (Å²) in [5.74, 6) is 0.251. The van der Waals surface area contributed by atoms with Crippen molar-refractivity contribution < 1.29 is 17.9 Å². The minimum absolute atomic E-state index is 0.288. The molecule has 0 bridgehead atoms. The first-order valence-electron chi connectivity index (χ1n) is 6.59. The zero-order chi connectivity index (χ0) is 14.9. The Hall–Kier alpha value is -1.56. The number of benzene rings is 1. The highest BCUT2D eigenvalue weighted by atomic mass is 32.2. The van der Waals surface area contributed by atoms with Crippen molar-refractivity contribution in [2.45, 2.75) is 37.3 Å². The summed E-state index contributed by atoms with van der Waals surface area (Å²) in [4.78, 5) is 12.1. The maximum absolute atomic E-state index is 12.1. The average Bonchev–Trinajstić information content (AvgIpc) is 2.81. The summed E-state index contributed by atoms with van der Waals surface area (Å²) in [6, 6.07) is 7.13. The van der Waals surface area contributed by atoms with E-state index in [-0.39, 0.29) is 6.04 Å². The molecule has 0 spiro atoms. The fraction of sp³-hybridized carbons (Fsp3) is 0.500. The van der Waals surface area contributed by atoms with E-state index in [0.29, 0.717) is 6.61 Å². The van der Waals surface area contributed by atoms with Crippen molar-refractivity contribution in [2.24, 2.45) is 0 Å². The van der Waals surface area contributed by atoms with Crippen molar-refractivity contribution in [3.8, 4) is 5.75 Å². The summed E-state index contributed by atoms with van der Waals surface area (Å²) in [5.41, 5.74) is 0.884. The molecular formula is C14H19NO4S. The summed E-state index contributed by atoms with van der Waals surface area (Å²) < 4.78 is 29.5. The van der Waals surface area contributed by atoms with Gasteiger partial charge in [0.1, 0.15) is 17.6 Å². The van der Waals surface area contributed by atoms with E-state index in [1.165, 1.54) is 6.92 Å². The molecule has 0 fully saturated rings. The molecule has 6 heteroatoms. The number of carbonyl (C=O) groups excluding carboxylic acids is 1.